The largest absolute Gasteiger partial charge is 0.332 e. The molecule has 0 saturated heterocycles. The summed E-state index contributed by atoms with van der Waals surface area (Å²) in [6.45, 7) is 4.03. The second kappa shape index (κ2) is 7.59. The molecule has 0 radical (unpaired) electrons. The van der Waals surface area contributed by atoms with E-state index in [9.17, 15) is 14.4 Å². The van der Waals surface area contributed by atoms with Crippen LogP contribution in [0.1, 0.15) is 18.9 Å². The third kappa shape index (κ3) is 3.52. The number of nitrogens with zero attached hydrogens (tertiary/aromatic N) is 2. The van der Waals surface area contributed by atoms with Crippen molar-refractivity contribution in [3.05, 3.63) is 60.5 Å². The van der Waals surface area contributed by atoms with Crippen molar-refractivity contribution in [1.29, 1.82) is 0 Å². The minimum Gasteiger partial charge on any atom is -0.324 e. The molecule has 3 rings (SSSR count). The molecule has 136 valence electrons. The van der Waals surface area contributed by atoms with Crippen LogP contribution in [0.5, 0.6) is 0 Å². The normalized spacial score (nSPS) is 11.0. The van der Waals surface area contributed by atoms with Gasteiger partial charge in [-0.15, -0.1) is 11.3 Å². The fraction of sp³-hybridized carbons (Fsp3) is 0.278. The lowest BCUT2D eigenvalue weighted by Gasteiger charge is -2.12. The van der Waals surface area contributed by atoms with Crippen molar-refractivity contribution >= 4 is 49.1 Å². The molecule has 2 aromatic heterocycles. The van der Waals surface area contributed by atoms with Gasteiger partial charge in [-0.1, -0.05) is 13.0 Å². The van der Waals surface area contributed by atoms with Crippen LogP contribution in [0, 0.1) is 6.92 Å². The standard InChI is InChI=1S/C18H18BrN3O3S/c1-3-7-21-17(24)16-14(6-8-26-16)22(18(21)25)10-15(23)20-13-5-4-11(2)9-12(13)19/h4-6,8-9H,3,7,10H2,1-2H3,(H,20,23). The molecule has 0 spiro atoms. The van der Waals surface area contributed by atoms with Crippen LogP contribution in [-0.4, -0.2) is 15.0 Å². The molecule has 26 heavy (non-hydrogen) atoms. The Labute approximate surface area is 162 Å². The van der Waals surface area contributed by atoms with Crippen molar-refractivity contribution in [3.63, 3.8) is 0 Å². The van der Waals surface area contributed by atoms with E-state index in [0.29, 0.717) is 28.9 Å². The van der Waals surface area contributed by atoms with Gasteiger partial charge in [0.1, 0.15) is 11.2 Å². The Balaban J connectivity index is 1.98. The number of carbonyl (C=O) groups is 1. The van der Waals surface area contributed by atoms with Gasteiger partial charge >= 0.3 is 5.69 Å². The highest BCUT2D eigenvalue weighted by molar-refractivity contribution is 9.10. The topological polar surface area (TPSA) is 73.1 Å². The smallest absolute Gasteiger partial charge is 0.324 e. The zero-order valence-electron chi connectivity index (χ0n) is 14.4. The average molecular weight is 436 g/mol. The lowest BCUT2D eigenvalue weighted by Crippen LogP contribution is -2.41. The number of benzene rings is 1. The predicted octanol–water partition coefficient (Wildman–Crippen LogP) is 3.34. The highest BCUT2D eigenvalue weighted by Gasteiger charge is 2.16. The van der Waals surface area contributed by atoms with E-state index in [1.807, 2.05) is 26.0 Å². The van der Waals surface area contributed by atoms with Crippen LogP contribution < -0.4 is 16.6 Å². The summed E-state index contributed by atoms with van der Waals surface area (Å²) >= 11 is 4.70. The summed E-state index contributed by atoms with van der Waals surface area (Å²) in [6, 6.07) is 7.30. The Morgan fingerprint density at radius 3 is 2.69 bits per heavy atom. The summed E-state index contributed by atoms with van der Waals surface area (Å²) in [4.78, 5) is 37.7. The van der Waals surface area contributed by atoms with Gasteiger partial charge < -0.3 is 5.32 Å². The molecule has 0 unspecified atom stereocenters. The Bertz CT molecular complexity index is 1100. The van der Waals surface area contributed by atoms with Gasteiger partial charge in [-0.25, -0.2) is 4.79 Å². The van der Waals surface area contributed by atoms with Gasteiger partial charge in [-0.2, -0.15) is 0 Å². The zero-order valence-corrected chi connectivity index (χ0v) is 16.8. The van der Waals surface area contributed by atoms with Gasteiger partial charge in [-0.05, 0) is 58.4 Å². The minimum absolute atomic E-state index is 0.156. The van der Waals surface area contributed by atoms with Crippen molar-refractivity contribution < 1.29 is 4.79 Å². The molecule has 1 N–H and O–H groups in total. The van der Waals surface area contributed by atoms with Crippen LogP contribution in [0.2, 0.25) is 0 Å². The van der Waals surface area contributed by atoms with Crippen LogP contribution in [0.15, 0.2) is 43.7 Å². The van der Waals surface area contributed by atoms with Crippen LogP contribution in [0.3, 0.4) is 0 Å². The number of rotatable bonds is 5. The fourth-order valence-electron chi connectivity index (χ4n) is 2.76. The first-order chi connectivity index (χ1) is 12.4. The Hall–Kier alpha value is -2.19. The molecule has 6 nitrogen and oxygen atoms in total. The van der Waals surface area contributed by atoms with Gasteiger partial charge in [0.25, 0.3) is 5.56 Å². The molecule has 2 heterocycles. The molecular formula is C18H18BrN3O3S. The first-order valence-corrected chi connectivity index (χ1v) is 9.86. The van der Waals surface area contributed by atoms with Crippen molar-refractivity contribution in [1.82, 2.24) is 9.13 Å². The van der Waals surface area contributed by atoms with E-state index >= 15 is 0 Å². The van der Waals surface area contributed by atoms with E-state index in [4.69, 9.17) is 0 Å². The molecular weight excluding hydrogens is 418 g/mol. The van der Waals surface area contributed by atoms with Crippen molar-refractivity contribution in [2.24, 2.45) is 0 Å². The molecule has 0 aliphatic heterocycles. The van der Waals surface area contributed by atoms with Gasteiger partial charge in [-0.3, -0.25) is 18.7 Å². The number of hydrogen-bond acceptors (Lipinski definition) is 4. The lowest BCUT2D eigenvalue weighted by molar-refractivity contribution is -0.116. The van der Waals surface area contributed by atoms with Crippen molar-refractivity contribution in [2.45, 2.75) is 33.4 Å². The SMILES string of the molecule is CCCn1c(=O)c2sccc2n(CC(=O)Nc2ccc(C)cc2Br)c1=O. The number of carbonyl (C=O) groups excluding carboxylic acids is 1. The molecule has 3 aromatic rings. The highest BCUT2D eigenvalue weighted by atomic mass is 79.9. The number of anilines is 1. The van der Waals surface area contributed by atoms with Crippen LogP contribution >= 0.6 is 27.3 Å². The third-order valence-corrected chi connectivity index (χ3v) is 5.53. The van der Waals surface area contributed by atoms with E-state index < -0.39 is 5.69 Å². The van der Waals surface area contributed by atoms with E-state index in [2.05, 4.69) is 21.2 Å². The quantitative estimate of drug-likeness (QED) is 0.667. The summed E-state index contributed by atoms with van der Waals surface area (Å²) in [6.07, 6.45) is 0.661. The number of amides is 1. The Morgan fingerprint density at radius 2 is 2.00 bits per heavy atom. The summed E-state index contributed by atoms with van der Waals surface area (Å²) in [7, 11) is 0. The Kier molecular flexibility index (Phi) is 5.43. The van der Waals surface area contributed by atoms with Crippen molar-refractivity contribution in [3.8, 4) is 0 Å². The molecule has 0 bridgehead atoms. The molecule has 0 saturated carbocycles. The molecule has 1 amide bonds. The number of fused-ring (bicyclic) bond motifs is 1. The monoisotopic (exact) mass is 435 g/mol. The molecule has 0 fully saturated rings. The third-order valence-electron chi connectivity index (χ3n) is 3.98. The number of thiophene rings is 1. The second-order valence-electron chi connectivity index (χ2n) is 5.99. The maximum Gasteiger partial charge on any atom is 0.332 e. The van der Waals surface area contributed by atoms with Gasteiger partial charge in [0.2, 0.25) is 5.91 Å². The number of halogens is 1. The average Bonchev–Trinajstić information content (AvgIpc) is 3.08. The number of aryl methyl sites for hydroxylation is 1. The first kappa shape index (κ1) is 18.6. The molecule has 1 aromatic carbocycles. The summed E-state index contributed by atoms with van der Waals surface area (Å²) in [5.74, 6) is -0.328. The highest BCUT2D eigenvalue weighted by Crippen LogP contribution is 2.23. The van der Waals surface area contributed by atoms with Crippen LogP contribution in [-0.2, 0) is 17.9 Å². The van der Waals surface area contributed by atoms with E-state index in [-0.39, 0.29) is 18.0 Å². The maximum absolute atomic E-state index is 12.7. The molecule has 0 aliphatic rings. The minimum atomic E-state index is -0.458. The number of nitrogens with one attached hydrogen (secondary N) is 1. The fourth-order valence-corrected chi connectivity index (χ4v) is 4.20. The van der Waals surface area contributed by atoms with E-state index in [1.165, 1.54) is 20.5 Å². The van der Waals surface area contributed by atoms with Crippen molar-refractivity contribution in [2.75, 3.05) is 5.32 Å². The first-order valence-electron chi connectivity index (χ1n) is 8.19. The van der Waals surface area contributed by atoms with Gasteiger partial charge in [0.05, 0.1) is 11.2 Å². The molecule has 0 atom stereocenters. The Morgan fingerprint density at radius 1 is 1.23 bits per heavy atom. The second-order valence-corrected chi connectivity index (χ2v) is 7.76. The van der Waals surface area contributed by atoms with Crippen LogP contribution in [0.4, 0.5) is 5.69 Å². The molecule has 8 heteroatoms. The van der Waals surface area contributed by atoms with Gasteiger partial charge in [0.15, 0.2) is 0 Å². The molecule has 0 aliphatic carbocycles. The summed E-state index contributed by atoms with van der Waals surface area (Å²) < 4.78 is 3.83. The van der Waals surface area contributed by atoms with E-state index in [0.717, 1.165) is 10.0 Å². The lowest BCUT2D eigenvalue weighted by atomic mass is 10.2. The maximum atomic E-state index is 12.7. The predicted molar refractivity (Wildman–Crippen MR) is 108 cm³/mol. The van der Waals surface area contributed by atoms with Gasteiger partial charge in [0, 0.05) is 11.0 Å². The number of hydrogen-bond donors (Lipinski definition) is 1. The zero-order chi connectivity index (χ0) is 18.8. The van der Waals surface area contributed by atoms with Crippen LogP contribution in [0.25, 0.3) is 10.2 Å². The number of aromatic nitrogens is 2. The summed E-state index contributed by atoms with van der Waals surface area (Å²) in [5, 5.41) is 4.56. The van der Waals surface area contributed by atoms with E-state index in [1.54, 1.807) is 17.5 Å². The summed E-state index contributed by atoms with van der Waals surface area (Å²) in [5.41, 5.74) is 1.45.